The van der Waals surface area contributed by atoms with Crippen LogP contribution in [0.15, 0.2) is 30.5 Å². The van der Waals surface area contributed by atoms with Gasteiger partial charge in [-0.1, -0.05) is 11.3 Å². The fourth-order valence-corrected chi connectivity index (χ4v) is 3.24. The number of piperidine rings is 1. The molecule has 10 nitrogen and oxygen atoms in total. The Bertz CT molecular complexity index is 865. The number of carboxylic acid groups (broad SMARTS) is 1. The molecule has 0 saturated carbocycles. The van der Waals surface area contributed by atoms with E-state index in [1.54, 1.807) is 11.0 Å². The van der Waals surface area contributed by atoms with Crippen molar-refractivity contribution in [3.63, 3.8) is 0 Å². The van der Waals surface area contributed by atoms with E-state index >= 15 is 0 Å². The SMILES string of the molecule is O=C(O)CCC1CCCCN1C(=O)c1cn(-c2cccc([N+](=O)[O-])c2)nn1. The van der Waals surface area contributed by atoms with E-state index in [1.807, 2.05) is 0 Å². The number of amides is 1. The third-order valence-electron chi connectivity index (χ3n) is 4.60. The van der Waals surface area contributed by atoms with Gasteiger partial charge < -0.3 is 10.0 Å². The summed E-state index contributed by atoms with van der Waals surface area (Å²) in [5.41, 5.74) is 0.473. The minimum Gasteiger partial charge on any atom is -0.481 e. The summed E-state index contributed by atoms with van der Waals surface area (Å²) in [6, 6.07) is 5.74. The Morgan fingerprint density at radius 2 is 2.15 bits per heavy atom. The van der Waals surface area contributed by atoms with E-state index in [2.05, 4.69) is 10.3 Å². The second kappa shape index (κ2) is 7.94. The van der Waals surface area contributed by atoms with Crippen molar-refractivity contribution in [2.24, 2.45) is 0 Å². The fourth-order valence-electron chi connectivity index (χ4n) is 3.24. The molecule has 1 amide bonds. The monoisotopic (exact) mass is 373 g/mol. The highest BCUT2D eigenvalue weighted by atomic mass is 16.6. The molecule has 0 bridgehead atoms. The molecule has 1 atom stereocenters. The lowest BCUT2D eigenvalue weighted by atomic mass is 9.97. The fraction of sp³-hybridized carbons (Fsp3) is 0.412. The van der Waals surface area contributed by atoms with Gasteiger partial charge in [-0.3, -0.25) is 19.7 Å². The molecule has 1 aliphatic heterocycles. The van der Waals surface area contributed by atoms with E-state index in [1.165, 1.54) is 29.1 Å². The number of nitro benzene ring substituents is 1. The predicted molar refractivity (Wildman–Crippen MR) is 93.6 cm³/mol. The Morgan fingerprint density at radius 1 is 1.33 bits per heavy atom. The average molecular weight is 373 g/mol. The molecule has 2 aromatic rings. The number of hydrogen-bond donors (Lipinski definition) is 1. The lowest BCUT2D eigenvalue weighted by Crippen LogP contribution is -2.44. The maximum atomic E-state index is 12.8. The first-order chi connectivity index (χ1) is 13.0. The third-order valence-corrected chi connectivity index (χ3v) is 4.60. The van der Waals surface area contributed by atoms with Crippen molar-refractivity contribution in [3.05, 3.63) is 46.3 Å². The van der Waals surface area contributed by atoms with E-state index in [9.17, 15) is 19.7 Å². The molecule has 27 heavy (non-hydrogen) atoms. The molecule has 10 heteroatoms. The summed E-state index contributed by atoms with van der Waals surface area (Å²) in [6.07, 6.45) is 4.42. The predicted octanol–water partition coefficient (Wildman–Crippen LogP) is 2.03. The summed E-state index contributed by atoms with van der Waals surface area (Å²) >= 11 is 0. The number of likely N-dealkylation sites (tertiary alicyclic amines) is 1. The molecule has 1 aromatic carbocycles. The van der Waals surface area contributed by atoms with Crippen LogP contribution >= 0.6 is 0 Å². The van der Waals surface area contributed by atoms with Crippen molar-refractivity contribution >= 4 is 17.6 Å². The van der Waals surface area contributed by atoms with Crippen LogP contribution < -0.4 is 0 Å². The quantitative estimate of drug-likeness (QED) is 0.605. The first-order valence-electron chi connectivity index (χ1n) is 8.65. The van der Waals surface area contributed by atoms with Crippen LogP contribution in [-0.2, 0) is 4.79 Å². The van der Waals surface area contributed by atoms with Crippen molar-refractivity contribution in [2.75, 3.05) is 6.54 Å². The number of nitrogens with zero attached hydrogens (tertiary/aromatic N) is 5. The van der Waals surface area contributed by atoms with Gasteiger partial charge in [-0.2, -0.15) is 0 Å². The maximum absolute atomic E-state index is 12.8. The molecule has 2 heterocycles. The van der Waals surface area contributed by atoms with Crippen LogP contribution in [0, 0.1) is 10.1 Å². The van der Waals surface area contributed by atoms with Crippen LogP contribution in [0.2, 0.25) is 0 Å². The largest absolute Gasteiger partial charge is 0.481 e. The lowest BCUT2D eigenvalue weighted by Gasteiger charge is -2.35. The minimum absolute atomic E-state index is 0.00875. The van der Waals surface area contributed by atoms with Crippen molar-refractivity contribution in [1.29, 1.82) is 0 Å². The number of hydrogen-bond acceptors (Lipinski definition) is 6. The first kappa shape index (κ1) is 18.5. The van der Waals surface area contributed by atoms with Crippen LogP contribution in [-0.4, -0.2) is 54.4 Å². The molecule has 1 fully saturated rings. The Hall–Kier alpha value is -3.30. The van der Waals surface area contributed by atoms with Crippen LogP contribution in [0.4, 0.5) is 5.69 Å². The molecule has 1 aromatic heterocycles. The van der Waals surface area contributed by atoms with Crippen LogP contribution in [0.3, 0.4) is 0 Å². The highest BCUT2D eigenvalue weighted by Gasteiger charge is 2.29. The molecule has 1 unspecified atom stereocenters. The van der Waals surface area contributed by atoms with E-state index < -0.39 is 10.9 Å². The molecule has 142 valence electrons. The van der Waals surface area contributed by atoms with Crippen LogP contribution in [0.25, 0.3) is 5.69 Å². The van der Waals surface area contributed by atoms with E-state index in [0.717, 1.165) is 19.3 Å². The molecule has 1 saturated heterocycles. The highest BCUT2D eigenvalue weighted by Crippen LogP contribution is 2.23. The number of nitro groups is 1. The summed E-state index contributed by atoms with van der Waals surface area (Å²) in [5.74, 6) is -1.19. The van der Waals surface area contributed by atoms with Crippen LogP contribution in [0.1, 0.15) is 42.6 Å². The summed E-state index contributed by atoms with van der Waals surface area (Å²) in [7, 11) is 0. The van der Waals surface area contributed by atoms with Crippen molar-refractivity contribution in [3.8, 4) is 5.69 Å². The number of carbonyl (C=O) groups is 2. The Balaban J connectivity index is 1.78. The third kappa shape index (κ3) is 4.27. The van der Waals surface area contributed by atoms with Gasteiger partial charge in [-0.05, 0) is 31.7 Å². The van der Waals surface area contributed by atoms with Crippen molar-refractivity contribution in [1.82, 2.24) is 19.9 Å². The Kier molecular flexibility index (Phi) is 5.43. The standard InChI is InChI=1S/C17H19N5O5/c23-16(24)8-7-12-4-1-2-9-20(12)17(25)15-11-21(19-18-15)13-5-3-6-14(10-13)22(26)27/h3,5-6,10-12H,1-2,4,7-9H2,(H,23,24). The number of benzene rings is 1. The normalized spacial score (nSPS) is 16.9. The first-order valence-corrected chi connectivity index (χ1v) is 8.65. The summed E-state index contributed by atoms with van der Waals surface area (Å²) in [4.78, 5) is 35.7. The van der Waals surface area contributed by atoms with E-state index in [4.69, 9.17) is 5.11 Å². The smallest absolute Gasteiger partial charge is 0.303 e. The highest BCUT2D eigenvalue weighted by molar-refractivity contribution is 5.92. The van der Waals surface area contributed by atoms with Crippen molar-refractivity contribution < 1.29 is 19.6 Å². The molecule has 3 rings (SSSR count). The molecular weight excluding hydrogens is 354 g/mol. The number of aliphatic carboxylic acids is 1. The van der Waals surface area contributed by atoms with Gasteiger partial charge in [-0.15, -0.1) is 5.10 Å². The van der Waals surface area contributed by atoms with Gasteiger partial charge in [-0.25, -0.2) is 4.68 Å². The van der Waals surface area contributed by atoms with Gasteiger partial charge in [0, 0.05) is 31.1 Å². The summed E-state index contributed by atoms with van der Waals surface area (Å²) in [6.45, 7) is 0.548. The molecule has 0 spiro atoms. The number of carbonyl (C=O) groups excluding carboxylic acids is 1. The summed E-state index contributed by atoms with van der Waals surface area (Å²) in [5, 5.41) is 27.6. The van der Waals surface area contributed by atoms with Gasteiger partial charge in [0.2, 0.25) is 0 Å². The van der Waals surface area contributed by atoms with Crippen LogP contribution in [0.5, 0.6) is 0 Å². The summed E-state index contributed by atoms with van der Waals surface area (Å²) < 4.78 is 1.32. The zero-order valence-corrected chi connectivity index (χ0v) is 14.5. The topological polar surface area (TPSA) is 131 Å². The number of non-ortho nitro benzene ring substituents is 1. The number of rotatable bonds is 6. The van der Waals surface area contributed by atoms with Crippen molar-refractivity contribution in [2.45, 2.75) is 38.1 Å². The van der Waals surface area contributed by atoms with Gasteiger partial charge in [0.25, 0.3) is 11.6 Å². The zero-order valence-electron chi connectivity index (χ0n) is 14.5. The number of aromatic nitrogens is 3. The van der Waals surface area contributed by atoms with Gasteiger partial charge >= 0.3 is 5.97 Å². The Morgan fingerprint density at radius 3 is 2.89 bits per heavy atom. The molecule has 0 radical (unpaired) electrons. The second-order valence-corrected chi connectivity index (χ2v) is 6.41. The van der Waals surface area contributed by atoms with E-state index in [-0.39, 0.29) is 29.8 Å². The maximum Gasteiger partial charge on any atom is 0.303 e. The van der Waals surface area contributed by atoms with E-state index in [0.29, 0.717) is 18.7 Å². The van der Waals surface area contributed by atoms with Gasteiger partial charge in [0.1, 0.15) is 0 Å². The number of carboxylic acids is 1. The minimum atomic E-state index is -0.885. The average Bonchev–Trinajstić information content (AvgIpc) is 3.16. The molecule has 0 aliphatic carbocycles. The Labute approximate surface area is 154 Å². The molecule has 1 N–H and O–H groups in total. The lowest BCUT2D eigenvalue weighted by molar-refractivity contribution is -0.384. The molecule has 1 aliphatic rings. The van der Waals surface area contributed by atoms with Gasteiger partial charge in [0.05, 0.1) is 16.8 Å². The molecular formula is C17H19N5O5. The van der Waals surface area contributed by atoms with Gasteiger partial charge in [0.15, 0.2) is 5.69 Å². The second-order valence-electron chi connectivity index (χ2n) is 6.41. The zero-order chi connectivity index (χ0) is 19.4.